The molecule has 0 aliphatic carbocycles. The van der Waals surface area contributed by atoms with E-state index in [9.17, 15) is 4.79 Å². The highest BCUT2D eigenvalue weighted by atomic mass is 16.7. The van der Waals surface area contributed by atoms with Gasteiger partial charge in [-0.05, 0) is 40.5 Å². The molecule has 0 aromatic rings. The molecule has 0 radical (unpaired) electrons. The Bertz CT molecular complexity index is 336. The standard InChI is InChI=1S/C20H40NO2/c1-8-11-13-15-18(6)21(10-3,23-20(22)17(4)5)19(7)16-14-12-9-2/h18-19H,4,8-16H2,1-3,5-7H3/q+1. The van der Waals surface area contributed by atoms with E-state index in [1.54, 1.807) is 6.92 Å². The van der Waals surface area contributed by atoms with Gasteiger partial charge < -0.3 is 0 Å². The lowest BCUT2D eigenvalue weighted by Crippen LogP contribution is -2.60. The Kier molecular flexibility index (Phi) is 11.2. The molecule has 0 aromatic heterocycles. The number of carbonyl (C=O) groups is 1. The second-order valence-electron chi connectivity index (χ2n) is 7.02. The Morgan fingerprint density at radius 2 is 1.39 bits per heavy atom. The van der Waals surface area contributed by atoms with Gasteiger partial charge in [-0.2, -0.15) is 0 Å². The summed E-state index contributed by atoms with van der Waals surface area (Å²) in [5.74, 6) is -0.253. The molecule has 0 N–H and O–H groups in total. The first kappa shape index (κ1) is 22.2. The maximum Gasteiger partial charge on any atom is 0.392 e. The van der Waals surface area contributed by atoms with Gasteiger partial charge >= 0.3 is 5.97 Å². The number of unbranched alkanes of at least 4 members (excludes halogenated alkanes) is 4. The summed E-state index contributed by atoms with van der Waals surface area (Å²) < 4.78 is 0.444. The van der Waals surface area contributed by atoms with Crippen LogP contribution in [0.3, 0.4) is 0 Å². The molecule has 0 saturated carbocycles. The molecule has 0 rings (SSSR count). The van der Waals surface area contributed by atoms with Gasteiger partial charge in [0.25, 0.3) is 0 Å². The van der Waals surface area contributed by atoms with E-state index in [-0.39, 0.29) is 5.97 Å². The highest BCUT2D eigenvalue weighted by molar-refractivity contribution is 5.86. The highest BCUT2D eigenvalue weighted by Gasteiger charge is 2.42. The van der Waals surface area contributed by atoms with Crippen LogP contribution in [-0.4, -0.2) is 29.2 Å². The normalized spacial score (nSPS) is 16.4. The van der Waals surface area contributed by atoms with Gasteiger partial charge in [0.1, 0.15) is 18.6 Å². The number of hydrogen-bond acceptors (Lipinski definition) is 2. The Balaban J connectivity index is 5.17. The van der Waals surface area contributed by atoms with Crippen LogP contribution in [0.25, 0.3) is 0 Å². The minimum atomic E-state index is -0.253. The zero-order valence-electron chi connectivity index (χ0n) is 16.5. The van der Waals surface area contributed by atoms with Gasteiger partial charge in [0, 0.05) is 18.4 Å². The fraction of sp³-hybridized carbons (Fsp3) is 0.850. The molecule has 3 heteroatoms. The molecular weight excluding hydrogens is 286 g/mol. The zero-order chi connectivity index (χ0) is 17.9. The minimum Gasteiger partial charge on any atom is -0.271 e. The molecule has 23 heavy (non-hydrogen) atoms. The first-order valence-corrected chi connectivity index (χ1v) is 9.62. The molecule has 0 fully saturated rings. The summed E-state index contributed by atoms with van der Waals surface area (Å²) in [6.45, 7) is 17.4. The van der Waals surface area contributed by atoms with Crippen molar-refractivity contribution in [3.8, 4) is 0 Å². The maximum atomic E-state index is 12.2. The Morgan fingerprint density at radius 1 is 0.957 bits per heavy atom. The summed E-state index contributed by atoms with van der Waals surface area (Å²) in [4.78, 5) is 18.3. The molecule has 136 valence electrons. The van der Waals surface area contributed by atoms with E-state index < -0.39 is 0 Å². The van der Waals surface area contributed by atoms with Gasteiger partial charge in [-0.15, -0.1) is 4.65 Å². The molecule has 2 atom stereocenters. The average molecular weight is 327 g/mol. The Hall–Kier alpha value is -0.830. The number of rotatable bonds is 13. The summed E-state index contributed by atoms with van der Waals surface area (Å²) in [5.41, 5.74) is 0.488. The third-order valence-electron chi connectivity index (χ3n) is 5.04. The van der Waals surface area contributed by atoms with Crippen molar-refractivity contribution in [1.29, 1.82) is 0 Å². The quantitative estimate of drug-likeness (QED) is 0.185. The van der Waals surface area contributed by atoms with E-state index in [1.165, 1.54) is 38.5 Å². The lowest BCUT2D eigenvalue weighted by Gasteiger charge is -2.43. The van der Waals surface area contributed by atoms with Crippen LogP contribution in [-0.2, 0) is 9.63 Å². The van der Waals surface area contributed by atoms with Crippen molar-refractivity contribution in [2.45, 2.75) is 105 Å². The van der Waals surface area contributed by atoms with Gasteiger partial charge in [0.05, 0.1) is 0 Å². The van der Waals surface area contributed by atoms with Crippen molar-refractivity contribution in [3.63, 3.8) is 0 Å². The molecule has 0 saturated heterocycles. The van der Waals surface area contributed by atoms with E-state index in [4.69, 9.17) is 4.84 Å². The van der Waals surface area contributed by atoms with Crippen LogP contribution in [0.4, 0.5) is 0 Å². The van der Waals surface area contributed by atoms with E-state index in [2.05, 4.69) is 41.2 Å². The van der Waals surface area contributed by atoms with E-state index in [0.717, 1.165) is 19.4 Å². The van der Waals surface area contributed by atoms with Gasteiger partial charge in [0.2, 0.25) is 0 Å². The second-order valence-corrected chi connectivity index (χ2v) is 7.02. The van der Waals surface area contributed by atoms with Gasteiger partial charge in [0.15, 0.2) is 0 Å². The number of hydrogen-bond donors (Lipinski definition) is 0. The lowest BCUT2D eigenvalue weighted by atomic mass is 10.0. The van der Waals surface area contributed by atoms with Crippen LogP contribution >= 0.6 is 0 Å². The molecule has 0 aliphatic heterocycles. The van der Waals surface area contributed by atoms with Crippen molar-refractivity contribution in [2.75, 3.05) is 6.54 Å². The Morgan fingerprint density at radius 3 is 1.70 bits per heavy atom. The third kappa shape index (κ3) is 7.07. The number of nitrogens with zero attached hydrogens (tertiary/aromatic N) is 1. The predicted octanol–water partition coefficient (Wildman–Crippen LogP) is 5.80. The van der Waals surface area contributed by atoms with Gasteiger partial charge in [-0.3, -0.25) is 4.84 Å². The van der Waals surface area contributed by atoms with Gasteiger partial charge in [-0.1, -0.05) is 46.1 Å². The van der Waals surface area contributed by atoms with E-state index >= 15 is 0 Å². The monoisotopic (exact) mass is 326 g/mol. The summed E-state index contributed by atoms with van der Waals surface area (Å²) in [6, 6.07) is 0.651. The fourth-order valence-electron chi connectivity index (χ4n) is 3.35. The fourth-order valence-corrected chi connectivity index (χ4v) is 3.35. The molecule has 3 nitrogen and oxygen atoms in total. The lowest BCUT2D eigenvalue weighted by molar-refractivity contribution is -1.12. The van der Waals surface area contributed by atoms with Crippen molar-refractivity contribution in [2.24, 2.45) is 0 Å². The first-order chi connectivity index (χ1) is 10.9. The third-order valence-corrected chi connectivity index (χ3v) is 5.04. The topological polar surface area (TPSA) is 26.3 Å². The molecular formula is C20H40NO2+. The number of hydroxylamine groups is 3. The molecule has 0 aliphatic rings. The minimum absolute atomic E-state index is 0.253. The van der Waals surface area contributed by atoms with Crippen LogP contribution in [0.2, 0.25) is 0 Å². The average Bonchev–Trinajstić information content (AvgIpc) is 2.52. The molecule has 0 heterocycles. The molecule has 0 spiro atoms. The highest BCUT2D eigenvalue weighted by Crippen LogP contribution is 2.28. The SMILES string of the molecule is C=C(C)C(=O)O[N+](CC)(C(C)CCCCC)C(C)CCCCC. The summed E-state index contributed by atoms with van der Waals surface area (Å²) in [7, 11) is 0. The largest absolute Gasteiger partial charge is 0.392 e. The number of quaternary nitrogens is 1. The van der Waals surface area contributed by atoms with Crippen molar-refractivity contribution in [3.05, 3.63) is 12.2 Å². The zero-order valence-corrected chi connectivity index (χ0v) is 16.5. The van der Waals surface area contributed by atoms with Crippen LogP contribution in [0.1, 0.15) is 92.9 Å². The molecule has 0 aromatic carbocycles. The summed E-state index contributed by atoms with van der Waals surface area (Å²) in [6.07, 6.45) is 9.52. The summed E-state index contributed by atoms with van der Waals surface area (Å²) in [5, 5.41) is 0. The van der Waals surface area contributed by atoms with Crippen molar-refractivity contribution < 1.29 is 14.3 Å². The van der Waals surface area contributed by atoms with Crippen molar-refractivity contribution in [1.82, 2.24) is 0 Å². The van der Waals surface area contributed by atoms with E-state index in [0.29, 0.717) is 22.3 Å². The van der Waals surface area contributed by atoms with Crippen LogP contribution in [0.5, 0.6) is 0 Å². The molecule has 2 unspecified atom stereocenters. The van der Waals surface area contributed by atoms with Crippen molar-refractivity contribution >= 4 is 5.97 Å². The van der Waals surface area contributed by atoms with E-state index in [1.807, 2.05) is 0 Å². The predicted molar refractivity (Wildman–Crippen MR) is 98.9 cm³/mol. The van der Waals surface area contributed by atoms with Crippen LogP contribution in [0.15, 0.2) is 12.2 Å². The maximum absolute atomic E-state index is 12.2. The first-order valence-electron chi connectivity index (χ1n) is 9.62. The second kappa shape index (κ2) is 11.7. The summed E-state index contributed by atoms with van der Waals surface area (Å²) >= 11 is 0. The van der Waals surface area contributed by atoms with Crippen LogP contribution < -0.4 is 0 Å². The Labute approximate surface area is 144 Å². The van der Waals surface area contributed by atoms with Gasteiger partial charge in [-0.25, -0.2) is 4.79 Å². The smallest absolute Gasteiger partial charge is 0.271 e. The molecule has 0 amide bonds. The van der Waals surface area contributed by atoms with Crippen LogP contribution in [0, 0.1) is 0 Å². The number of carbonyl (C=O) groups excluding carboxylic acids is 1. The molecule has 0 bridgehead atoms.